The number of nitro groups is 1. The fraction of sp³-hybridized carbons (Fsp3) is 0.158. The second kappa shape index (κ2) is 6.95. The monoisotopic (exact) mass is 400 g/mol. The van der Waals surface area contributed by atoms with Crippen LogP contribution in [0.2, 0.25) is 0 Å². The Morgan fingerprint density at radius 2 is 1.70 bits per heavy atom. The highest BCUT2D eigenvalue weighted by molar-refractivity contribution is 8.01. The van der Waals surface area contributed by atoms with Gasteiger partial charge in [-0.15, -0.1) is 11.8 Å². The first-order chi connectivity index (χ1) is 13.0. The zero-order chi connectivity index (χ0) is 19.0. The van der Waals surface area contributed by atoms with Crippen LogP contribution in [0.1, 0.15) is 10.9 Å². The first kappa shape index (κ1) is 18.0. The number of hydrogen-bond donors (Lipinski definition) is 0. The number of nitrogens with zero attached hydrogens (tertiary/aromatic N) is 2. The van der Waals surface area contributed by atoms with Crippen molar-refractivity contribution in [2.24, 2.45) is 0 Å². The van der Waals surface area contributed by atoms with Gasteiger partial charge in [-0.1, -0.05) is 30.3 Å². The zero-order valence-electron chi connectivity index (χ0n) is 14.2. The molecule has 1 aliphatic heterocycles. The second-order valence-electron chi connectivity index (χ2n) is 6.20. The molecule has 1 saturated heterocycles. The molecule has 0 saturated carbocycles. The first-order valence-corrected chi connectivity index (χ1v) is 10.8. The minimum Gasteiger partial charge on any atom is -0.258 e. The fourth-order valence-corrected chi connectivity index (χ4v) is 6.46. The molecule has 0 N–H and O–H groups in total. The Balaban J connectivity index is 1.69. The predicted molar refractivity (Wildman–Crippen MR) is 106 cm³/mol. The zero-order valence-corrected chi connectivity index (χ0v) is 15.8. The molecule has 8 heteroatoms. The molecular formula is C19H16N2O4S2. The average molecular weight is 400 g/mol. The molecule has 1 atom stereocenters. The van der Waals surface area contributed by atoms with Crippen LogP contribution in [0.25, 0.3) is 10.8 Å². The van der Waals surface area contributed by atoms with Crippen LogP contribution in [0.4, 0.5) is 5.69 Å². The van der Waals surface area contributed by atoms with Crippen molar-refractivity contribution in [3.63, 3.8) is 0 Å². The number of fused-ring (bicyclic) bond motifs is 1. The fourth-order valence-electron chi connectivity index (χ4n) is 3.19. The van der Waals surface area contributed by atoms with E-state index in [4.69, 9.17) is 0 Å². The highest BCUT2D eigenvalue weighted by Crippen LogP contribution is 2.42. The van der Waals surface area contributed by atoms with Crippen molar-refractivity contribution in [3.05, 3.63) is 82.4 Å². The lowest BCUT2D eigenvalue weighted by atomic mass is 10.1. The van der Waals surface area contributed by atoms with E-state index in [2.05, 4.69) is 0 Å². The third kappa shape index (κ3) is 3.31. The van der Waals surface area contributed by atoms with Gasteiger partial charge in [-0.25, -0.2) is 8.42 Å². The summed E-state index contributed by atoms with van der Waals surface area (Å²) in [6.45, 7) is 0.404. The third-order valence-corrected chi connectivity index (χ3v) is 7.82. The number of hydrogen-bond acceptors (Lipinski definition) is 5. The molecule has 27 heavy (non-hydrogen) atoms. The molecule has 3 aromatic carbocycles. The van der Waals surface area contributed by atoms with Gasteiger partial charge in [0.2, 0.25) is 10.0 Å². The van der Waals surface area contributed by atoms with E-state index in [9.17, 15) is 18.5 Å². The van der Waals surface area contributed by atoms with Gasteiger partial charge in [0.1, 0.15) is 0 Å². The molecule has 0 aromatic heterocycles. The van der Waals surface area contributed by atoms with E-state index in [-0.39, 0.29) is 16.0 Å². The van der Waals surface area contributed by atoms with Gasteiger partial charge < -0.3 is 0 Å². The van der Waals surface area contributed by atoms with Crippen molar-refractivity contribution in [3.8, 4) is 0 Å². The summed E-state index contributed by atoms with van der Waals surface area (Å²) in [5, 5.41) is 12.3. The van der Waals surface area contributed by atoms with Crippen LogP contribution < -0.4 is 0 Å². The molecule has 1 unspecified atom stereocenters. The van der Waals surface area contributed by atoms with E-state index in [0.29, 0.717) is 12.3 Å². The molecule has 1 heterocycles. The molecule has 0 amide bonds. The van der Waals surface area contributed by atoms with Crippen molar-refractivity contribution in [1.29, 1.82) is 0 Å². The summed E-state index contributed by atoms with van der Waals surface area (Å²) in [5.41, 5.74) is 0.734. The van der Waals surface area contributed by atoms with Crippen LogP contribution in [0.15, 0.2) is 71.6 Å². The molecule has 4 rings (SSSR count). The maximum atomic E-state index is 13.2. The third-order valence-electron chi connectivity index (χ3n) is 4.57. The van der Waals surface area contributed by atoms with Gasteiger partial charge in [0.25, 0.3) is 5.69 Å². The summed E-state index contributed by atoms with van der Waals surface area (Å²) >= 11 is 1.52. The van der Waals surface area contributed by atoms with Crippen LogP contribution in [-0.4, -0.2) is 29.9 Å². The molecule has 0 spiro atoms. The van der Waals surface area contributed by atoms with Crippen molar-refractivity contribution >= 4 is 38.2 Å². The Kier molecular flexibility index (Phi) is 4.63. The van der Waals surface area contributed by atoms with Gasteiger partial charge in [-0.3, -0.25) is 10.1 Å². The summed E-state index contributed by atoms with van der Waals surface area (Å²) in [5.74, 6) is 0.675. The van der Waals surface area contributed by atoms with Crippen LogP contribution in [0.3, 0.4) is 0 Å². The van der Waals surface area contributed by atoms with Crippen molar-refractivity contribution < 1.29 is 13.3 Å². The standard InChI is InChI=1S/C19H16N2O4S2/c22-21(23)17-8-5-15(6-9-17)19-20(11-12-26-19)27(24,25)18-10-7-14-3-1-2-4-16(14)13-18/h1-10,13,19H,11-12H2. The van der Waals surface area contributed by atoms with Crippen LogP contribution in [0.5, 0.6) is 0 Å². The van der Waals surface area contributed by atoms with Gasteiger partial charge in [0, 0.05) is 24.4 Å². The topological polar surface area (TPSA) is 80.5 Å². The van der Waals surface area contributed by atoms with Gasteiger partial charge in [-0.05, 0) is 40.6 Å². The summed E-state index contributed by atoms with van der Waals surface area (Å²) in [6.07, 6.45) is 0. The Labute approximate surface area is 161 Å². The van der Waals surface area contributed by atoms with Gasteiger partial charge in [0.15, 0.2) is 0 Å². The highest BCUT2D eigenvalue weighted by Gasteiger charge is 2.37. The minimum absolute atomic E-state index is 0.00863. The Morgan fingerprint density at radius 1 is 1.00 bits per heavy atom. The smallest absolute Gasteiger partial charge is 0.258 e. The number of nitro benzene ring substituents is 1. The van der Waals surface area contributed by atoms with Crippen LogP contribution in [0, 0.1) is 10.1 Å². The number of thioether (sulfide) groups is 1. The maximum absolute atomic E-state index is 13.2. The molecule has 0 bridgehead atoms. The van der Waals surface area contributed by atoms with Gasteiger partial charge in [0.05, 0.1) is 15.2 Å². The van der Waals surface area contributed by atoms with Crippen molar-refractivity contribution in [2.45, 2.75) is 10.3 Å². The maximum Gasteiger partial charge on any atom is 0.269 e. The Morgan fingerprint density at radius 3 is 2.41 bits per heavy atom. The van der Waals surface area contributed by atoms with Gasteiger partial charge in [-0.2, -0.15) is 4.31 Å². The number of benzene rings is 3. The lowest BCUT2D eigenvalue weighted by Gasteiger charge is -2.23. The molecule has 6 nitrogen and oxygen atoms in total. The Hall–Kier alpha value is -2.42. The SMILES string of the molecule is O=[N+]([O-])c1ccc(C2SCCN2S(=O)(=O)c2ccc3ccccc3c2)cc1. The van der Waals surface area contributed by atoms with Crippen molar-refractivity contribution in [1.82, 2.24) is 4.31 Å². The number of non-ortho nitro benzene ring substituents is 1. The highest BCUT2D eigenvalue weighted by atomic mass is 32.2. The molecular weight excluding hydrogens is 384 g/mol. The summed E-state index contributed by atoms with van der Waals surface area (Å²) in [6, 6.07) is 18.8. The molecule has 0 aliphatic carbocycles. The molecule has 3 aromatic rings. The predicted octanol–water partition coefficient (Wildman–Crippen LogP) is 4.18. The average Bonchev–Trinajstić information content (AvgIpc) is 3.18. The van der Waals surface area contributed by atoms with E-state index in [1.807, 2.05) is 30.3 Å². The van der Waals surface area contributed by atoms with E-state index in [1.54, 1.807) is 24.3 Å². The summed E-state index contributed by atoms with van der Waals surface area (Å²) in [4.78, 5) is 10.6. The minimum atomic E-state index is -3.68. The summed E-state index contributed by atoms with van der Waals surface area (Å²) < 4.78 is 28.0. The molecule has 138 valence electrons. The quantitative estimate of drug-likeness (QED) is 0.485. The lowest BCUT2D eigenvalue weighted by Crippen LogP contribution is -2.30. The lowest BCUT2D eigenvalue weighted by molar-refractivity contribution is -0.384. The van der Waals surface area contributed by atoms with Crippen LogP contribution in [-0.2, 0) is 10.0 Å². The Bertz CT molecular complexity index is 1110. The van der Waals surface area contributed by atoms with E-state index < -0.39 is 14.9 Å². The molecule has 0 radical (unpaired) electrons. The normalized spacial score (nSPS) is 18.0. The van der Waals surface area contributed by atoms with E-state index in [1.165, 1.54) is 28.2 Å². The van der Waals surface area contributed by atoms with E-state index in [0.717, 1.165) is 16.3 Å². The summed E-state index contributed by atoms with van der Waals surface area (Å²) in [7, 11) is -3.68. The number of rotatable bonds is 4. The van der Waals surface area contributed by atoms with Crippen LogP contribution >= 0.6 is 11.8 Å². The number of sulfonamides is 1. The second-order valence-corrected chi connectivity index (χ2v) is 9.28. The van der Waals surface area contributed by atoms with Crippen molar-refractivity contribution in [2.75, 3.05) is 12.3 Å². The first-order valence-electron chi connectivity index (χ1n) is 8.33. The molecule has 1 aliphatic rings. The largest absolute Gasteiger partial charge is 0.269 e. The van der Waals surface area contributed by atoms with E-state index >= 15 is 0 Å². The van der Waals surface area contributed by atoms with Gasteiger partial charge >= 0.3 is 0 Å². The molecule has 1 fully saturated rings.